The van der Waals surface area contributed by atoms with E-state index in [0.29, 0.717) is 11.5 Å². The molecule has 0 fully saturated rings. The Bertz CT molecular complexity index is 1330. The van der Waals surface area contributed by atoms with E-state index in [1.807, 2.05) is 36.4 Å². The lowest BCUT2D eigenvalue weighted by Crippen LogP contribution is -2.19. The van der Waals surface area contributed by atoms with Gasteiger partial charge in [0.2, 0.25) is 5.91 Å². The van der Waals surface area contributed by atoms with Crippen LogP contribution >= 0.6 is 15.9 Å². The van der Waals surface area contributed by atoms with Gasteiger partial charge in [-0.15, -0.1) is 0 Å². The normalized spacial score (nSPS) is 11.3. The van der Waals surface area contributed by atoms with E-state index in [1.54, 1.807) is 36.4 Å². The largest absolute Gasteiger partial charge is 0.465 e. The molecule has 4 rings (SSSR count). The van der Waals surface area contributed by atoms with Crippen molar-refractivity contribution in [3.63, 3.8) is 0 Å². The van der Waals surface area contributed by atoms with Crippen molar-refractivity contribution >= 4 is 50.9 Å². The van der Waals surface area contributed by atoms with Crippen LogP contribution in [0.5, 0.6) is 5.75 Å². The summed E-state index contributed by atoms with van der Waals surface area (Å²) in [6.45, 7) is 0. The SMILES string of the molecule is O=C(Cc1ccc(Br)c2ccccc12)N/N=C\c1ccc(OC(=O)/C=C/c2ccco2)cc1. The summed E-state index contributed by atoms with van der Waals surface area (Å²) >= 11 is 3.54. The summed E-state index contributed by atoms with van der Waals surface area (Å²) in [5.74, 6) is 0.231. The van der Waals surface area contributed by atoms with Crippen LogP contribution in [0.4, 0.5) is 0 Å². The third-order valence-electron chi connectivity index (χ3n) is 4.74. The third-order valence-corrected chi connectivity index (χ3v) is 5.43. The summed E-state index contributed by atoms with van der Waals surface area (Å²) in [4.78, 5) is 24.2. The molecule has 1 amide bonds. The molecule has 33 heavy (non-hydrogen) atoms. The monoisotopic (exact) mass is 502 g/mol. The molecule has 0 saturated heterocycles. The van der Waals surface area contributed by atoms with Crippen LogP contribution in [0.25, 0.3) is 16.8 Å². The fraction of sp³-hybridized carbons (Fsp3) is 0.0385. The summed E-state index contributed by atoms with van der Waals surface area (Å²) < 4.78 is 11.3. The predicted octanol–water partition coefficient (Wildman–Crippen LogP) is 5.51. The topological polar surface area (TPSA) is 80.9 Å². The van der Waals surface area contributed by atoms with Gasteiger partial charge in [0.05, 0.1) is 18.9 Å². The molecule has 1 heterocycles. The summed E-state index contributed by atoms with van der Waals surface area (Å²) in [5, 5.41) is 6.10. The zero-order valence-corrected chi connectivity index (χ0v) is 19.0. The van der Waals surface area contributed by atoms with Crippen molar-refractivity contribution in [2.75, 3.05) is 0 Å². The van der Waals surface area contributed by atoms with Crippen molar-refractivity contribution < 1.29 is 18.7 Å². The van der Waals surface area contributed by atoms with Crippen molar-refractivity contribution in [1.82, 2.24) is 5.43 Å². The second kappa shape index (κ2) is 10.6. The van der Waals surface area contributed by atoms with E-state index < -0.39 is 5.97 Å². The first-order valence-corrected chi connectivity index (χ1v) is 10.9. The van der Waals surface area contributed by atoms with Crippen LogP contribution in [-0.2, 0) is 16.0 Å². The molecule has 3 aromatic carbocycles. The van der Waals surface area contributed by atoms with Crippen molar-refractivity contribution in [2.24, 2.45) is 5.10 Å². The Hall–Kier alpha value is -3.97. The minimum absolute atomic E-state index is 0.214. The van der Waals surface area contributed by atoms with Gasteiger partial charge in [0.25, 0.3) is 0 Å². The Morgan fingerprint density at radius 2 is 1.76 bits per heavy atom. The summed E-state index contributed by atoms with van der Waals surface area (Å²) in [6, 6.07) is 22.0. The van der Waals surface area contributed by atoms with E-state index in [2.05, 4.69) is 26.5 Å². The third kappa shape index (κ3) is 6.05. The van der Waals surface area contributed by atoms with Gasteiger partial charge in [-0.05, 0) is 70.4 Å². The molecule has 0 radical (unpaired) electrons. The maximum Gasteiger partial charge on any atom is 0.336 e. The summed E-state index contributed by atoms with van der Waals surface area (Å²) in [5.41, 5.74) is 4.22. The van der Waals surface area contributed by atoms with Gasteiger partial charge in [-0.2, -0.15) is 5.10 Å². The van der Waals surface area contributed by atoms with Crippen molar-refractivity contribution in [3.8, 4) is 5.75 Å². The number of carbonyl (C=O) groups excluding carboxylic acids is 2. The average Bonchev–Trinajstić information content (AvgIpc) is 3.35. The molecule has 0 atom stereocenters. The van der Waals surface area contributed by atoms with Gasteiger partial charge in [-0.25, -0.2) is 10.2 Å². The molecule has 1 N–H and O–H groups in total. The molecule has 7 heteroatoms. The highest BCUT2D eigenvalue weighted by Crippen LogP contribution is 2.27. The summed E-state index contributed by atoms with van der Waals surface area (Å²) in [7, 11) is 0. The smallest absolute Gasteiger partial charge is 0.336 e. The Kier molecular flexibility index (Phi) is 7.12. The molecular formula is C26H19BrN2O4. The van der Waals surface area contributed by atoms with Gasteiger partial charge in [0, 0.05) is 10.5 Å². The van der Waals surface area contributed by atoms with E-state index >= 15 is 0 Å². The molecule has 0 aliphatic carbocycles. The zero-order chi connectivity index (χ0) is 23.0. The lowest BCUT2D eigenvalue weighted by Gasteiger charge is -2.07. The number of ether oxygens (including phenoxy) is 1. The number of fused-ring (bicyclic) bond motifs is 1. The number of halogens is 1. The molecule has 0 aliphatic heterocycles. The van der Waals surface area contributed by atoms with Crippen LogP contribution < -0.4 is 10.2 Å². The number of furan rings is 1. The number of nitrogens with zero attached hydrogens (tertiary/aromatic N) is 1. The highest BCUT2D eigenvalue weighted by atomic mass is 79.9. The highest BCUT2D eigenvalue weighted by Gasteiger charge is 2.08. The molecule has 6 nitrogen and oxygen atoms in total. The first-order chi connectivity index (χ1) is 16.1. The standard InChI is InChI=1S/C26H19BrN2O4/c27-24-13-9-19(22-5-1-2-6-23(22)24)16-25(30)29-28-17-18-7-10-21(11-8-18)33-26(31)14-12-20-4-3-15-32-20/h1-15,17H,16H2,(H,29,30)/b14-12+,28-17-. The van der Waals surface area contributed by atoms with Crippen molar-refractivity contribution in [2.45, 2.75) is 6.42 Å². The maximum absolute atomic E-state index is 12.3. The van der Waals surface area contributed by atoms with E-state index in [9.17, 15) is 9.59 Å². The fourth-order valence-electron chi connectivity index (χ4n) is 3.18. The molecule has 0 bridgehead atoms. The molecule has 164 valence electrons. The van der Waals surface area contributed by atoms with Crippen LogP contribution in [-0.4, -0.2) is 18.1 Å². The number of esters is 1. The van der Waals surface area contributed by atoms with Gasteiger partial charge >= 0.3 is 5.97 Å². The molecule has 1 aromatic heterocycles. The fourth-order valence-corrected chi connectivity index (χ4v) is 3.66. The number of amides is 1. The van der Waals surface area contributed by atoms with Crippen molar-refractivity contribution in [1.29, 1.82) is 0 Å². The number of rotatable bonds is 7. The summed E-state index contributed by atoms with van der Waals surface area (Å²) in [6.07, 6.45) is 6.09. The van der Waals surface area contributed by atoms with Crippen molar-refractivity contribution in [3.05, 3.63) is 106 Å². The first-order valence-electron chi connectivity index (χ1n) is 10.1. The number of hydrogen-bond donors (Lipinski definition) is 1. The van der Waals surface area contributed by atoms with Gasteiger partial charge < -0.3 is 9.15 Å². The Balaban J connectivity index is 1.30. The van der Waals surface area contributed by atoms with Crippen LogP contribution in [0, 0.1) is 0 Å². The van der Waals surface area contributed by atoms with Gasteiger partial charge in [0.1, 0.15) is 11.5 Å². The predicted molar refractivity (Wildman–Crippen MR) is 131 cm³/mol. The zero-order valence-electron chi connectivity index (χ0n) is 17.4. The molecule has 4 aromatic rings. The number of benzene rings is 3. The first kappa shape index (κ1) is 22.2. The van der Waals surface area contributed by atoms with E-state index in [0.717, 1.165) is 26.4 Å². The lowest BCUT2D eigenvalue weighted by atomic mass is 10.0. The second-order valence-electron chi connectivity index (χ2n) is 7.06. The van der Waals surface area contributed by atoms with Crippen LogP contribution in [0.3, 0.4) is 0 Å². The lowest BCUT2D eigenvalue weighted by molar-refractivity contribution is -0.129. The maximum atomic E-state index is 12.3. The van der Waals surface area contributed by atoms with Gasteiger partial charge in [0.15, 0.2) is 0 Å². The Morgan fingerprint density at radius 1 is 0.970 bits per heavy atom. The van der Waals surface area contributed by atoms with E-state index in [4.69, 9.17) is 9.15 Å². The molecule has 0 aliphatic rings. The minimum atomic E-state index is -0.513. The number of nitrogens with one attached hydrogen (secondary N) is 1. The van der Waals surface area contributed by atoms with Gasteiger partial charge in [-0.1, -0.05) is 46.3 Å². The van der Waals surface area contributed by atoms with Crippen LogP contribution in [0.15, 0.2) is 99.1 Å². The second-order valence-corrected chi connectivity index (χ2v) is 7.92. The molecule has 0 unspecified atom stereocenters. The minimum Gasteiger partial charge on any atom is -0.465 e. The van der Waals surface area contributed by atoms with Crippen LogP contribution in [0.2, 0.25) is 0 Å². The number of hydrogen-bond acceptors (Lipinski definition) is 5. The number of carbonyl (C=O) groups is 2. The molecule has 0 saturated carbocycles. The Labute approximate surface area is 198 Å². The number of hydrazone groups is 1. The average molecular weight is 503 g/mol. The highest BCUT2D eigenvalue weighted by molar-refractivity contribution is 9.10. The van der Waals surface area contributed by atoms with E-state index in [-0.39, 0.29) is 12.3 Å². The van der Waals surface area contributed by atoms with Crippen LogP contribution in [0.1, 0.15) is 16.9 Å². The quantitative estimate of drug-likeness (QED) is 0.119. The molecule has 0 spiro atoms. The van der Waals surface area contributed by atoms with E-state index in [1.165, 1.54) is 24.6 Å². The van der Waals surface area contributed by atoms with Gasteiger partial charge in [-0.3, -0.25) is 4.79 Å². The Morgan fingerprint density at radius 3 is 2.52 bits per heavy atom. The molecular weight excluding hydrogens is 484 g/mol.